The van der Waals surface area contributed by atoms with Gasteiger partial charge in [-0.05, 0) is 18.9 Å². The van der Waals surface area contributed by atoms with E-state index in [1.165, 1.54) is 0 Å². The molecule has 1 aliphatic rings. The molecule has 1 aromatic rings. The summed E-state index contributed by atoms with van der Waals surface area (Å²) in [5, 5.41) is 8.11. The summed E-state index contributed by atoms with van der Waals surface area (Å²) in [6.07, 6.45) is 2.07. The number of ether oxygens (including phenoxy) is 1. The first kappa shape index (κ1) is 9.19. The summed E-state index contributed by atoms with van der Waals surface area (Å²) in [5.74, 6) is 0. The second-order valence-electron chi connectivity index (χ2n) is 2.91. The molecule has 0 aliphatic carbocycles. The molecule has 0 aromatic carbocycles. The van der Waals surface area contributed by atoms with Gasteiger partial charge in [-0.2, -0.15) is 0 Å². The molecular formula is C8H8Cl2N2O. The first-order valence-electron chi connectivity index (χ1n) is 4.07. The summed E-state index contributed by atoms with van der Waals surface area (Å²) in [4.78, 5) is 0. The van der Waals surface area contributed by atoms with Crippen LogP contribution in [0.1, 0.15) is 24.5 Å². The lowest BCUT2D eigenvalue weighted by atomic mass is 10.1. The topological polar surface area (TPSA) is 35.0 Å². The third-order valence-corrected chi connectivity index (χ3v) is 2.50. The summed E-state index contributed by atoms with van der Waals surface area (Å²) in [7, 11) is 0. The lowest BCUT2D eigenvalue weighted by Gasteiger charge is -2.09. The maximum absolute atomic E-state index is 5.86. The van der Waals surface area contributed by atoms with Crippen LogP contribution in [0.25, 0.3) is 0 Å². The van der Waals surface area contributed by atoms with E-state index in [0.29, 0.717) is 10.3 Å². The molecule has 0 amide bonds. The van der Waals surface area contributed by atoms with Crippen molar-refractivity contribution < 1.29 is 4.74 Å². The predicted molar refractivity (Wildman–Crippen MR) is 50.0 cm³/mol. The first-order chi connectivity index (χ1) is 6.27. The Hall–Kier alpha value is -0.380. The van der Waals surface area contributed by atoms with Gasteiger partial charge in [0.25, 0.3) is 0 Å². The van der Waals surface area contributed by atoms with E-state index in [9.17, 15) is 0 Å². The minimum absolute atomic E-state index is 0.0421. The van der Waals surface area contributed by atoms with Gasteiger partial charge in [0, 0.05) is 12.2 Å². The average molecular weight is 219 g/mol. The average Bonchev–Trinajstić information content (AvgIpc) is 2.61. The standard InChI is InChI=1S/C8H8Cl2N2O/c9-7-4-5(8(10)12-11-7)6-2-1-3-13-6/h4,6H,1-3H2. The fourth-order valence-corrected chi connectivity index (χ4v) is 1.78. The highest BCUT2D eigenvalue weighted by molar-refractivity contribution is 6.31. The van der Waals surface area contributed by atoms with Gasteiger partial charge in [-0.1, -0.05) is 23.2 Å². The van der Waals surface area contributed by atoms with E-state index in [-0.39, 0.29) is 6.10 Å². The van der Waals surface area contributed by atoms with Gasteiger partial charge in [0.1, 0.15) is 0 Å². The minimum Gasteiger partial charge on any atom is -0.373 e. The third kappa shape index (κ3) is 1.93. The van der Waals surface area contributed by atoms with Crippen molar-refractivity contribution in [3.63, 3.8) is 0 Å². The van der Waals surface area contributed by atoms with Crippen LogP contribution in [0.15, 0.2) is 6.07 Å². The van der Waals surface area contributed by atoms with Gasteiger partial charge in [0.05, 0.1) is 6.10 Å². The van der Waals surface area contributed by atoms with Crippen molar-refractivity contribution in [2.24, 2.45) is 0 Å². The third-order valence-electron chi connectivity index (χ3n) is 2.02. The molecular weight excluding hydrogens is 211 g/mol. The van der Waals surface area contributed by atoms with E-state index in [4.69, 9.17) is 27.9 Å². The number of hydrogen-bond donors (Lipinski definition) is 0. The molecule has 0 spiro atoms. The summed E-state index contributed by atoms with van der Waals surface area (Å²) in [6.45, 7) is 0.779. The van der Waals surface area contributed by atoms with E-state index >= 15 is 0 Å². The smallest absolute Gasteiger partial charge is 0.157 e. The molecule has 1 aromatic heterocycles. The van der Waals surface area contributed by atoms with Crippen LogP contribution in [-0.2, 0) is 4.74 Å². The molecule has 70 valence electrons. The van der Waals surface area contributed by atoms with Gasteiger partial charge in [-0.3, -0.25) is 0 Å². The molecule has 0 bridgehead atoms. The largest absolute Gasteiger partial charge is 0.373 e. The summed E-state index contributed by atoms with van der Waals surface area (Å²) in [5.41, 5.74) is 0.846. The second-order valence-corrected chi connectivity index (χ2v) is 3.66. The second kappa shape index (κ2) is 3.78. The molecule has 1 fully saturated rings. The highest BCUT2D eigenvalue weighted by Gasteiger charge is 2.21. The van der Waals surface area contributed by atoms with E-state index in [0.717, 1.165) is 25.0 Å². The molecule has 1 aliphatic heterocycles. The van der Waals surface area contributed by atoms with E-state index in [1.54, 1.807) is 6.07 Å². The first-order valence-corrected chi connectivity index (χ1v) is 4.83. The highest BCUT2D eigenvalue weighted by Crippen LogP contribution is 2.32. The number of aromatic nitrogens is 2. The van der Waals surface area contributed by atoms with Crippen LogP contribution in [0.4, 0.5) is 0 Å². The summed E-state index contributed by atoms with van der Waals surface area (Å²) < 4.78 is 5.46. The van der Waals surface area contributed by atoms with Crippen LogP contribution in [-0.4, -0.2) is 16.8 Å². The lowest BCUT2D eigenvalue weighted by molar-refractivity contribution is 0.111. The van der Waals surface area contributed by atoms with Crippen LogP contribution in [0.5, 0.6) is 0 Å². The van der Waals surface area contributed by atoms with Gasteiger partial charge in [0.2, 0.25) is 0 Å². The zero-order chi connectivity index (χ0) is 9.26. The molecule has 5 heteroatoms. The molecule has 1 unspecified atom stereocenters. The van der Waals surface area contributed by atoms with Crippen LogP contribution in [0.3, 0.4) is 0 Å². The van der Waals surface area contributed by atoms with Crippen LogP contribution in [0, 0.1) is 0 Å². The molecule has 1 atom stereocenters. The fraction of sp³-hybridized carbons (Fsp3) is 0.500. The molecule has 0 N–H and O–H groups in total. The Morgan fingerprint density at radius 1 is 1.38 bits per heavy atom. The van der Waals surface area contributed by atoms with E-state index in [1.807, 2.05) is 0 Å². The van der Waals surface area contributed by atoms with Gasteiger partial charge in [-0.25, -0.2) is 0 Å². The number of halogens is 2. The number of rotatable bonds is 1. The van der Waals surface area contributed by atoms with Crippen molar-refractivity contribution in [1.29, 1.82) is 0 Å². The Kier molecular flexibility index (Phi) is 2.67. The van der Waals surface area contributed by atoms with E-state index < -0.39 is 0 Å². The lowest BCUT2D eigenvalue weighted by Crippen LogP contribution is -1.99. The number of nitrogens with zero attached hydrogens (tertiary/aromatic N) is 2. The Morgan fingerprint density at radius 3 is 2.92 bits per heavy atom. The maximum atomic E-state index is 5.86. The van der Waals surface area contributed by atoms with Crippen LogP contribution in [0.2, 0.25) is 10.3 Å². The molecule has 0 saturated carbocycles. The zero-order valence-electron chi connectivity index (χ0n) is 6.83. The SMILES string of the molecule is Clc1cc(C2CCCO2)c(Cl)nn1. The molecule has 3 nitrogen and oxygen atoms in total. The number of hydrogen-bond acceptors (Lipinski definition) is 3. The van der Waals surface area contributed by atoms with Crippen molar-refractivity contribution in [2.75, 3.05) is 6.61 Å². The monoisotopic (exact) mass is 218 g/mol. The van der Waals surface area contributed by atoms with Crippen LogP contribution >= 0.6 is 23.2 Å². The maximum Gasteiger partial charge on any atom is 0.157 e. The molecule has 2 rings (SSSR count). The Bertz CT molecular complexity index is 313. The van der Waals surface area contributed by atoms with Crippen molar-refractivity contribution in [3.05, 3.63) is 21.9 Å². The van der Waals surface area contributed by atoms with Crippen molar-refractivity contribution in [1.82, 2.24) is 10.2 Å². The van der Waals surface area contributed by atoms with Gasteiger partial charge in [0.15, 0.2) is 10.3 Å². The highest BCUT2D eigenvalue weighted by atomic mass is 35.5. The normalized spacial score (nSPS) is 22.2. The van der Waals surface area contributed by atoms with Crippen molar-refractivity contribution >= 4 is 23.2 Å². The van der Waals surface area contributed by atoms with Crippen molar-refractivity contribution in [3.8, 4) is 0 Å². The Balaban J connectivity index is 2.32. The quantitative estimate of drug-likeness (QED) is 0.728. The molecule has 1 saturated heterocycles. The van der Waals surface area contributed by atoms with Gasteiger partial charge < -0.3 is 4.74 Å². The molecule has 13 heavy (non-hydrogen) atoms. The Labute approximate surface area is 86.0 Å². The zero-order valence-corrected chi connectivity index (χ0v) is 8.35. The predicted octanol–water partition coefficient (Wildman–Crippen LogP) is 2.63. The fourth-order valence-electron chi connectivity index (χ4n) is 1.41. The minimum atomic E-state index is 0.0421. The van der Waals surface area contributed by atoms with Gasteiger partial charge in [-0.15, -0.1) is 10.2 Å². The molecule has 0 radical (unpaired) electrons. The Morgan fingerprint density at radius 2 is 2.23 bits per heavy atom. The molecule has 2 heterocycles. The van der Waals surface area contributed by atoms with Gasteiger partial charge >= 0.3 is 0 Å². The van der Waals surface area contributed by atoms with Crippen molar-refractivity contribution in [2.45, 2.75) is 18.9 Å². The van der Waals surface area contributed by atoms with E-state index in [2.05, 4.69) is 10.2 Å². The summed E-state index contributed by atoms with van der Waals surface area (Å²) in [6, 6.07) is 1.72. The summed E-state index contributed by atoms with van der Waals surface area (Å²) >= 11 is 11.6. The van der Waals surface area contributed by atoms with Crippen LogP contribution < -0.4 is 0 Å².